The second-order valence-corrected chi connectivity index (χ2v) is 19.3. The Bertz CT molecular complexity index is 1050. The van der Waals surface area contributed by atoms with Gasteiger partial charge in [-0.2, -0.15) is 0 Å². The van der Waals surface area contributed by atoms with Crippen LogP contribution in [0.5, 0.6) is 0 Å². The van der Waals surface area contributed by atoms with Crippen LogP contribution in [0.15, 0.2) is 53.8 Å². The second kappa shape index (κ2) is 24.4. The van der Waals surface area contributed by atoms with Gasteiger partial charge < -0.3 is 0 Å². The molecule has 0 nitrogen and oxygen atoms in total. The lowest BCUT2D eigenvalue weighted by Gasteiger charge is -2.07. The molecule has 2 aromatic heterocycles. The zero-order valence-electron chi connectivity index (χ0n) is 27.4. The Labute approximate surface area is 304 Å². The first-order valence-electron chi connectivity index (χ1n) is 17.6. The molecule has 0 aliphatic heterocycles. The summed E-state index contributed by atoms with van der Waals surface area (Å²) >= 11 is 15.4. The molecule has 6 heteroatoms. The van der Waals surface area contributed by atoms with Gasteiger partial charge in [0.05, 0.1) is 7.57 Å². The minimum absolute atomic E-state index is 1.22. The third-order valence-corrected chi connectivity index (χ3v) is 14.1. The van der Waals surface area contributed by atoms with Crippen molar-refractivity contribution in [3.05, 3.63) is 44.0 Å². The zero-order valence-corrected chi connectivity index (χ0v) is 33.8. The van der Waals surface area contributed by atoms with Gasteiger partial charge in [0.1, 0.15) is 0 Å². The number of halogens is 2. The van der Waals surface area contributed by atoms with Gasteiger partial charge in [0, 0.05) is 19.5 Å². The van der Waals surface area contributed by atoms with Gasteiger partial charge >= 0.3 is 0 Å². The standard InChI is InChI=1S/C38H56Br2S4/c1-3-5-7-9-11-13-15-17-19-21-27-41-33-29-35(39)43-37(33)31-23-25-32(26-24-31)38-34(30-36(40)44-38)42-28-22-20-18-16-14-12-10-8-6-4-2/h23-26,29-30H,3-22,27-28H2,1-2H3. The van der Waals surface area contributed by atoms with Gasteiger partial charge in [-0.3, -0.25) is 0 Å². The predicted octanol–water partition coefficient (Wildman–Crippen LogP) is 16.7. The van der Waals surface area contributed by atoms with Crippen LogP contribution in [-0.4, -0.2) is 11.5 Å². The van der Waals surface area contributed by atoms with Crippen molar-refractivity contribution in [1.29, 1.82) is 0 Å². The van der Waals surface area contributed by atoms with Gasteiger partial charge in [-0.25, -0.2) is 0 Å². The monoisotopic (exact) mass is 798 g/mol. The molecule has 0 saturated carbocycles. The van der Waals surface area contributed by atoms with Crippen molar-refractivity contribution in [2.45, 2.75) is 152 Å². The molecule has 0 aliphatic carbocycles. The van der Waals surface area contributed by atoms with Crippen LogP contribution in [0.25, 0.3) is 20.9 Å². The summed E-state index contributed by atoms with van der Waals surface area (Å²) in [7, 11) is 0. The van der Waals surface area contributed by atoms with Crippen LogP contribution in [-0.2, 0) is 0 Å². The van der Waals surface area contributed by atoms with E-state index in [0.29, 0.717) is 0 Å². The lowest BCUT2D eigenvalue weighted by atomic mass is 10.1. The summed E-state index contributed by atoms with van der Waals surface area (Å²) in [5.41, 5.74) is 2.68. The Balaban J connectivity index is 1.40. The van der Waals surface area contributed by atoms with Gasteiger partial charge in [-0.05, 0) is 79.5 Å². The highest BCUT2D eigenvalue weighted by Crippen LogP contribution is 2.44. The zero-order chi connectivity index (χ0) is 31.2. The first-order chi connectivity index (χ1) is 21.6. The topological polar surface area (TPSA) is 0 Å². The van der Waals surface area contributed by atoms with Crippen molar-refractivity contribution in [3.8, 4) is 20.9 Å². The maximum absolute atomic E-state index is 3.77. The molecule has 0 saturated heterocycles. The Morgan fingerprint density at radius 1 is 0.455 bits per heavy atom. The molecule has 3 rings (SSSR count). The normalized spacial score (nSPS) is 11.5. The maximum Gasteiger partial charge on any atom is 0.0716 e. The van der Waals surface area contributed by atoms with Crippen LogP contribution in [0.1, 0.15) is 142 Å². The number of unbranched alkanes of at least 4 members (excludes halogenated alkanes) is 18. The molecular weight excluding hydrogens is 744 g/mol. The Morgan fingerprint density at radius 3 is 1.07 bits per heavy atom. The minimum Gasteiger partial charge on any atom is -0.127 e. The lowest BCUT2D eigenvalue weighted by molar-refractivity contribution is 0.563. The van der Waals surface area contributed by atoms with Gasteiger partial charge in [0.15, 0.2) is 0 Å². The van der Waals surface area contributed by atoms with Crippen LogP contribution in [0.3, 0.4) is 0 Å². The van der Waals surface area contributed by atoms with Gasteiger partial charge in [0.25, 0.3) is 0 Å². The number of benzene rings is 1. The molecule has 44 heavy (non-hydrogen) atoms. The molecule has 0 unspecified atom stereocenters. The Kier molecular flexibility index (Phi) is 21.5. The largest absolute Gasteiger partial charge is 0.127 e. The average Bonchev–Trinajstić information content (AvgIpc) is 3.59. The van der Waals surface area contributed by atoms with Crippen molar-refractivity contribution in [2.24, 2.45) is 0 Å². The summed E-state index contributed by atoms with van der Waals surface area (Å²) in [5, 5.41) is 0. The fraction of sp³-hybridized carbons (Fsp3) is 0.632. The molecule has 0 amide bonds. The highest BCUT2D eigenvalue weighted by atomic mass is 79.9. The van der Waals surface area contributed by atoms with E-state index >= 15 is 0 Å². The average molecular weight is 801 g/mol. The molecule has 246 valence electrons. The predicted molar refractivity (Wildman–Crippen MR) is 214 cm³/mol. The van der Waals surface area contributed by atoms with Crippen LogP contribution in [0.4, 0.5) is 0 Å². The van der Waals surface area contributed by atoms with E-state index in [4.69, 9.17) is 0 Å². The lowest BCUT2D eigenvalue weighted by Crippen LogP contribution is -1.85. The summed E-state index contributed by atoms with van der Waals surface area (Å²) in [6, 6.07) is 14.0. The molecule has 0 atom stereocenters. The van der Waals surface area contributed by atoms with E-state index in [2.05, 4.69) is 82.1 Å². The van der Waals surface area contributed by atoms with E-state index in [9.17, 15) is 0 Å². The summed E-state index contributed by atoms with van der Waals surface area (Å²) in [6.45, 7) is 4.59. The molecule has 0 radical (unpaired) electrons. The van der Waals surface area contributed by atoms with E-state index in [1.807, 2.05) is 46.2 Å². The molecule has 0 bridgehead atoms. The smallest absolute Gasteiger partial charge is 0.0716 e. The minimum atomic E-state index is 1.22. The first kappa shape index (κ1) is 38.7. The molecule has 0 aliphatic rings. The van der Waals surface area contributed by atoms with Gasteiger partial charge in [-0.15, -0.1) is 46.2 Å². The van der Waals surface area contributed by atoms with Crippen molar-refractivity contribution >= 4 is 78.1 Å². The van der Waals surface area contributed by atoms with Gasteiger partial charge in [-0.1, -0.05) is 154 Å². The van der Waals surface area contributed by atoms with Gasteiger partial charge in [0.2, 0.25) is 0 Å². The summed E-state index contributed by atoms with van der Waals surface area (Å²) in [4.78, 5) is 5.67. The third-order valence-electron chi connectivity index (χ3n) is 8.26. The van der Waals surface area contributed by atoms with Crippen LogP contribution < -0.4 is 0 Å². The van der Waals surface area contributed by atoms with Crippen molar-refractivity contribution in [3.63, 3.8) is 0 Å². The van der Waals surface area contributed by atoms with Crippen molar-refractivity contribution in [2.75, 3.05) is 11.5 Å². The van der Waals surface area contributed by atoms with E-state index in [1.165, 1.54) is 178 Å². The second-order valence-electron chi connectivity index (χ2n) is 12.1. The molecule has 3 aromatic rings. The SMILES string of the molecule is CCCCCCCCCCCCSc1cc(Br)sc1-c1ccc(-c2sc(Br)cc2SCCCCCCCCCCCC)cc1. The van der Waals surface area contributed by atoms with E-state index < -0.39 is 0 Å². The fourth-order valence-electron chi connectivity index (χ4n) is 5.62. The number of rotatable bonds is 26. The Morgan fingerprint density at radius 2 is 0.750 bits per heavy atom. The highest BCUT2D eigenvalue weighted by Gasteiger charge is 2.14. The molecule has 0 spiro atoms. The maximum atomic E-state index is 3.77. The third kappa shape index (κ3) is 15.5. The quantitative estimate of drug-likeness (QED) is 0.0586. The molecule has 0 fully saturated rings. The summed E-state index contributed by atoms with van der Waals surface area (Å²) in [5.74, 6) is 2.43. The summed E-state index contributed by atoms with van der Waals surface area (Å²) in [6.07, 6.45) is 28.0. The molecule has 0 N–H and O–H groups in total. The van der Waals surface area contributed by atoms with E-state index in [-0.39, 0.29) is 0 Å². The Hall–Kier alpha value is 0.280. The van der Waals surface area contributed by atoms with Crippen molar-refractivity contribution in [1.82, 2.24) is 0 Å². The number of thiophene rings is 2. The van der Waals surface area contributed by atoms with Crippen LogP contribution in [0.2, 0.25) is 0 Å². The molecule has 1 aromatic carbocycles. The highest BCUT2D eigenvalue weighted by molar-refractivity contribution is 9.11. The van der Waals surface area contributed by atoms with Crippen LogP contribution in [0, 0.1) is 0 Å². The fourth-order valence-corrected chi connectivity index (χ4v) is 11.7. The van der Waals surface area contributed by atoms with E-state index in [0.717, 1.165) is 0 Å². The number of thioether (sulfide) groups is 2. The first-order valence-corrected chi connectivity index (χ1v) is 22.8. The van der Waals surface area contributed by atoms with E-state index in [1.54, 1.807) is 0 Å². The number of hydrogen-bond donors (Lipinski definition) is 0. The molecule has 2 heterocycles. The number of hydrogen-bond acceptors (Lipinski definition) is 4. The molecular formula is C38H56Br2S4. The summed E-state index contributed by atoms with van der Waals surface area (Å²) < 4.78 is 2.46. The van der Waals surface area contributed by atoms with Crippen LogP contribution >= 0.6 is 78.1 Å². The van der Waals surface area contributed by atoms with Crippen molar-refractivity contribution < 1.29 is 0 Å².